The van der Waals surface area contributed by atoms with Gasteiger partial charge in [0.1, 0.15) is 5.69 Å². The smallest absolute Gasteiger partial charge is 0.407 e. The monoisotopic (exact) mass is 410 g/mol. The number of hydrogen-bond donors (Lipinski definition) is 2. The van der Waals surface area contributed by atoms with E-state index in [4.69, 9.17) is 9.47 Å². The lowest BCUT2D eigenvalue weighted by Gasteiger charge is -2.28. The second-order valence-corrected chi connectivity index (χ2v) is 14.6. The lowest BCUT2D eigenvalue weighted by molar-refractivity contribution is 0.151. The second-order valence-electron chi connectivity index (χ2n) is 8.97. The Hall–Kier alpha value is -1.83. The molecular weight excluding hydrogens is 376 g/mol. The van der Waals surface area contributed by atoms with Gasteiger partial charge < -0.3 is 20.1 Å². The molecule has 0 heterocycles. The van der Waals surface area contributed by atoms with Gasteiger partial charge in [0.25, 0.3) is 10.9 Å². The van der Waals surface area contributed by atoms with Crippen molar-refractivity contribution >= 4 is 19.9 Å². The van der Waals surface area contributed by atoms with Crippen molar-refractivity contribution in [1.29, 1.82) is 0 Å². The molecule has 0 radical (unpaired) electrons. The zero-order chi connectivity index (χ0) is 20.7. The van der Waals surface area contributed by atoms with Crippen LogP contribution in [0.1, 0.15) is 38.5 Å². The van der Waals surface area contributed by atoms with Crippen molar-refractivity contribution in [3.8, 4) is 5.75 Å². The average Bonchev–Trinajstić information content (AvgIpc) is 2.65. The molecule has 1 aliphatic carbocycles. The zero-order valence-corrected chi connectivity index (χ0v) is 18.6. The highest BCUT2D eigenvalue weighted by molar-refractivity contribution is 6.76. The number of methoxy groups -OCH3 is 1. The molecule has 1 amide bonds. The van der Waals surface area contributed by atoms with E-state index < -0.39 is 25.0 Å². The molecule has 7 nitrogen and oxygen atoms in total. The van der Waals surface area contributed by atoms with Crippen LogP contribution in [0.3, 0.4) is 0 Å². The van der Waals surface area contributed by atoms with Crippen molar-refractivity contribution < 1.29 is 14.3 Å². The van der Waals surface area contributed by atoms with E-state index in [0.29, 0.717) is 19.1 Å². The highest BCUT2D eigenvalue weighted by atomic mass is 28.3. The lowest BCUT2D eigenvalue weighted by Crippen LogP contribution is -2.43. The van der Waals surface area contributed by atoms with Gasteiger partial charge in [0, 0.05) is 20.7 Å². The molecule has 1 aliphatic rings. The Morgan fingerprint density at radius 2 is 1.82 bits per heavy atom. The number of rotatable bonds is 10. The summed E-state index contributed by atoms with van der Waals surface area (Å²) in [5.74, 6) is 0.629. The Kier molecular flexibility index (Phi) is 8.09. The lowest BCUT2D eigenvalue weighted by atomic mass is 9.84. The Labute approximate surface area is 167 Å². The minimum atomic E-state index is -1.25. The summed E-state index contributed by atoms with van der Waals surface area (Å²) in [6.45, 7) is 7.46. The normalized spacial score (nSPS) is 16.6. The molecule has 1 aromatic carbocycles. The SMILES string of the molecule is COc1c(NC(CNC(=O)OCC[Si](C)(C)C)CC2CCCCC2)c(=O)c1=O. The summed E-state index contributed by atoms with van der Waals surface area (Å²) < 4.78 is 10.3. The van der Waals surface area contributed by atoms with Crippen molar-refractivity contribution in [2.45, 2.75) is 70.3 Å². The van der Waals surface area contributed by atoms with Gasteiger partial charge in [-0.2, -0.15) is 0 Å². The van der Waals surface area contributed by atoms with E-state index in [1.807, 2.05) is 0 Å². The molecule has 1 atom stereocenters. The van der Waals surface area contributed by atoms with Gasteiger partial charge in [0.05, 0.1) is 13.7 Å². The van der Waals surface area contributed by atoms with E-state index in [0.717, 1.165) is 25.3 Å². The minimum absolute atomic E-state index is 0.0800. The van der Waals surface area contributed by atoms with Crippen molar-refractivity contribution in [2.75, 3.05) is 25.6 Å². The van der Waals surface area contributed by atoms with Crippen LogP contribution in [0, 0.1) is 5.92 Å². The maximum Gasteiger partial charge on any atom is 0.407 e. The molecule has 2 N–H and O–H groups in total. The van der Waals surface area contributed by atoms with E-state index in [1.54, 1.807) is 0 Å². The van der Waals surface area contributed by atoms with Gasteiger partial charge in [-0.1, -0.05) is 51.7 Å². The van der Waals surface area contributed by atoms with E-state index in [-0.39, 0.29) is 17.5 Å². The molecule has 0 aromatic heterocycles. The van der Waals surface area contributed by atoms with Gasteiger partial charge >= 0.3 is 6.09 Å². The molecule has 1 saturated carbocycles. The third-order valence-electron chi connectivity index (χ3n) is 5.34. The van der Waals surface area contributed by atoms with E-state index in [1.165, 1.54) is 26.4 Å². The number of ether oxygens (including phenoxy) is 2. The minimum Gasteiger partial charge on any atom is -0.491 e. The fourth-order valence-electron chi connectivity index (χ4n) is 3.63. The third kappa shape index (κ3) is 6.65. The number of carbonyl (C=O) groups is 1. The first-order valence-electron chi connectivity index (χ1n) is 10.3. The van der Waals surface area contributed by atoms with Crippen LogP contribution in [-0.4, -0.2) is 40.5 Å². The Balaban J connectivity index is 1.92. The molecule has 2 rings (SSSR count). The summed E-state index contributed by atoms with van der Waals surface area (Å²) in [6.07, 6.45) is 6.40. The fraction of sp³-hybridized carbons (Fsp3) is 0.750. The number of hydrogen-bond acceptors (Lipinski definition) is 6. The van der Waals surface area contributed by atoms with Gasteiger partial charge in [-0.05, 0) is 18.4 Å². The van der Waals surface area contributed by atoms with Gasteiger partial charge in [-0.25, -0.2) is 4.79 Å². The summed E-state index contributed by atoms with van der Waals surface area (Å²) in [5.41, 5.74) is -0.925. The van der Waals surface area contributed by atoms with Crippen molar-refractivity contribution in [3.05, 3.63) is 20.4 Å². The first kappa shape index (κ1) is 22.5. The number of anilines is 1. The topological polar surface area (TPSA) is 93.7 Å². The third-order valence-corrected chi connectivity index (χ3v) is 7.04. The molecule has 0 bridgehead atoms. The van der Waals surface area contributed by atoms with Crippen LogP contribution in [0.4, 0.5) is 10.5 Å². The predicted octanol–water partition coefficient (Wildman–Crippen LogP) is 3.11. The molecular formula is C20H34N2O5Si. The molecule has 1 fully saturated rings. The molecule has 0 saturated heterocycles. The first-order chi connectivity index (χ1) is 13.2. The Bertz CT molecular complexity index is 715. The van der Waals surface area contributed by atoms with Crippen LogP contribution in [0.2, 0.25) is 25.7 Å². The second kappa shape index (κ2) is 10.1. The summed E-state index contributed by atoms with van der Waals surface area (Å²) >= 11 is 0. The summed E-state index contributed by atoms with van der Waals surface area (Å²) in [6, 6.07) is 0.773. The summed E-state index contributed by atoms with van der Waals surface area (Å²) in [5, 5.41) is 5.94. The van der Waals surface area contributed by atoms with E-state index in [9.17, 15) is 14.4 Å². The summed E-state index contributed by atoms with van der Waals surface area (Å²) in [7, 11) is 0.130. The van der Waals surface area contributed by atoms with E-state index in [2.05, 4.69) is 30.3 Å². The largest absolute Gasteiger partial charge is 0.491 e. The van der Waals surface area contributed by atoms with Crippen LogP contribution in [0.5, 0.6) is 5.75 Å². The van der Waals surface area contributed by atoms with Gasteiger partial charge in [-0.3, -0.25) is 9.59 Å². The quantitative estimate of drug-likeness (QED) is 0.455. The van der Waals surface area contributed by atoms with Crippen LogP contribution in [-0.2, 0) is 4.74 Å². The van der Waals surface area contributed by atoms with Gasteiger partial charge in [-0.15, -0.1) is 0 Å². The van der Waals surface area contributed by atoms with Crippen LogP contribution in [0.15, 0.2) is 9.59 Å². The fourth-order valence-corrected chi connectivity index (χ4v) is 4.34. The van der Waals surface area contributed by atoms with E-state index >= 15 is 0 Å². The molecule has 1 aromatic rings. The standard InChI is InChI=1S/C20H34N2O5Si/c1-26-19-16(17(23)18(19)24)22-15(12-14-8-6-5-7-9-14)13-21-20(25)27-10-11-28(2,3)4/h14-15,22H,5-13H2,1-4H3,(H,21,25). The molecule has 0 aliphatic heterocycles. The number of nitrogens with one attached hydrogen (secondary N) is 2. The van der Waals surface area contributed by atoms with Crippen molar-refractivity contribution in [2.24, 2.45) is 5.92 Å². The summed E-state index contributed by atoms with van der Waals surface area (Å²) in [4.78, 5) is 35.5. The highest BCUT2D eigenvalue weighted by Gasteiger charge is 2.26. The number of alkyl carbamates (subject to hydrolysis) is 1. The Morgan fingerprint density at radius 3 is 2.43 bits per heavy atom. The first-order valence-corrected chi connectivity index (χ1v) is 14.0. The zero-order valence-electron chi connectivity index (χ0n) is 17.6. The number of carbonyl (C=O) groups excluding carboxylic acids is 1. The Morgan fingerprint density at radius 1 is 1.14 bits per heavy atom. The van der Waals surface area contributed by atoms with Crippen molar-refractivity contribution in [3.63, 3.8) is 0 Å². The molecule has 28 heavy (non-hydrogen) atoms. The molecule has 1 unspecified atom stereocenters. The van der Waals surface area contributed by atoms with Gasteiger partial charge in [0.15, 0.2) is 5.75 Å². The van der Waals surface area contributed by atoms with Crippen molar-refractivity contribution in [1.82, 2.24) is 5.32 Å². The maximum absolute atomic E-state index is 12.0. The maximum atomic E-state index is 12.0. The van der Waals surface area contributed by atoms with Crippen LogP contribution in [0.25, 0.3) is 0 Å². The highest BCUT2D eigenvalue weighted by Crippen LogP contribution is 2.28. The molecule has 0 spiro atoms. The predicted molar refractivity (Wildman–Crippen MR) is 114 cm³/mol. The van der Waals surface area contributed by atoms with Crippen LogP contribution < -0.4 is 26.2 Å². The molecule has 158 valence electrons. The van der Waals surface area contributed by atoms with Gasteiger partial charge in [0.2, 0.25) is 0 Å². The number of amides is 1. The molecule has 8 heteroatoms. The van der Waals surface area contributed by atoms with Crippen LogP contribution >= 0.6 is 0 Å². The average molecular weight is 411 g/mol.